The average Bonchev–Trinajstić information content (AvgIpc) is 2.66. The van der Waals surface area contributed by atoms with Gasteiger partial charge in [0.05, 0.1) is 0 Å². The van der Waals surface area contributed by atoms with Gasteiger partial charge in [0.15, 0.2) is 0 Å². The van der Waals surface area contributed by atoms with Crippen LogP contribution in [-0.4, -0.2) is 22.1 Å². The molecule has 5 nitrogen and oxygen atoms in total. The van der Waals surface area contributed by atoms with E-state index >= 15 is 0 Å². The minimum absolute atomic E-state index is 0.0104. The number of rotatable bonds is 8. The molecule has 0 amide bonds. The third-order valence-electron chi connectivity index (χ3n) is 4.45. The zero-order valence-corrected chi connectivity index (χ0v) is 15.7. The molecule has 2 unspecified atom stereocenters. The summed E-state index contributed by atoms with van der Waals surface area (Å²) in [5, 5.41) is 14.1. The summed E-state index contributed by atoms with van der Waals surface area (Å²) in [6, 6.07) is 21.4. The number of fused-ring (bicyclic) bond motifs is 1. The van der Waals surface area contributed by atoms with Crippen LogP contribution in [0.3, 0.4) is 0 Å². The largest absolute Gasteiger partial charge is 0.480 e. The smallest absolute Gasteiger partial charge is 0.325 e. The normalized spacial score (nSPS) is 14.6. The summed E-state index contributed by atoms with van der Waals surface area (Å²) in [6.45, 7) is 0. The number of hydrogen-bond donors (Lipinski definition) is 3. The van der Waals surface area contributed by atoms with E-state index in [-0.39, 0.29) is 6.16 Å². The molecule has 0 radical (unpaired) electrons. The van der Waals surface area contributed by atoms with E-state index in [9.17, 15) is 19.4 Å². The molecule has 0 fully saturated rings. The third kappa shape index (κ3) is 5.27. The summed E-state index contributed by atoms with van der Waals surface area (Å²) < 4.78 is 12.5. The van der Waals surface area contributed by atoms with Crippen LogP contribution in [0.25, 0.3) is 10.8 Å². The van der Waals surface area contributed by atoms with Crippen LogP contribution in [0.4, 0.5) is 0 Å². The van der Waals surface area contributed by atoms with Gasteiger partial charge in [0.2, 0.25) is 0 Å². The lowest BCUT2D eigenvalue weighted by atomic mass is 10.0. The zero-order valence-electron chi connectivity index (χ0n) is 14.8. The Bertz CT molecular complexity index is 974. The van der Waals surface area contributed by atoms with Gasteiger partial charge in [-0.25, -0.2) is 5.09 Å². The summed E-state index contributed by atoms with van der Waals surface area (Å²) in [5.41, 5.74) is 1.54. The van der Waals surface area contributed by atoms with Gasteiger partial charge >= 0.3 is 5.97 Å². The van der Waals surface area contributed by atoms with Gasteiger partial charge in [-0.1, -0.05) is 72.8 Å². The van der Waals surface area contributed by atoms with Crippen LogP contribution in [0, 0.1) is 0 Å². The highest BCUT2D eigenvalue weighted by molar-refractivity contribution is 7.55. The minimum atomic E-state index is -3.78. The van der Waals surface area contributed by atoms with Gasteiger partial charge in [-0.3, -0.25) is 9.36 Å². The number of carboxylic acids is 1. The number of carbonyl (C=O) groups is 1. The van der Waals surface area contributed by atoms with E-state index in [1.807, 2.05) is 36.4 Å². The predicted octanol–water partition coefficient (Wildman–Crippen LogP) is 4.37. The second kappa shape index (κ2) is 8.49. The number of carboxylic acid groups (broad SMARTS) is 1. The molecule has 140 valence electrons. The molecular formula is C21H22NO4P. The Hall–Kier alpha value is -2.46. The maximum Gasteiger partial charge on any atom is 0.325 e. The zero-order chi connectivity index (χ0) is 19.3. The first-order valence-corrected chi connectivity index (χ1v) is 10.6. The second-order valence-corrected chi connectivity index (χ2v) is 8.63. The molecule has 3 aromatic carbocycles. The number of aliphatic carboxylic acids is 1. The van der Waals surface area contributed by atoms with Crippen molar-refractivity contribution in [1.82, 2.24) is 5.09 Å². The molecule has 0 aliphatic rings. The number of aryl methyl sites for hydroxylation is 1. The van der Waals surface area contributed by atoms with E-state index in [1.54, 1.807) is 30.3 Å². The van der Waals surface area contributed by atoms with Gasteiger partial charge in [0.1, 0.15) is 6.04 Å². The summed E-state index contributed by atoms with van der Waals surface area (Å²) >= 11 is 0. The quantitative estimate of drug-likeness (QED) is 0.503. The maximum absolute atomic E-state index is 12.5. The fourth-order valence-electron chi connectivity index (χ4n) is 3.08. The molecular weight excluding hydrogens is 361 g/mol. The van der Waals surface area contributed by atoms with Crippen molar-refractivity contribution in [3.05, 3.63) is 83.9 Å². The summed E-state index contributed by atoms with van der Waals surface area (Å²) in [7, 11) is -3.78. The van der Waals surface area contributed by atoms with Crippen LogP contribution in [0.1, 0.15) is 23.6 Å². The molecule has 0 aliphatic carbocycles. The highest BCUT2D eigenvalue weighted by Crippen LogP contribution is 2.40. The molecule has 3 N–H and O–H groups in total. The van der Waals surface area contributed by atoms with Gasteiger partial charge in [0.25, 0.3) is 7.52 Å². The molecule has 0 aliphatic heterocycles. The highest BCUT2D eigenvalue weighted by atomic mass is 31.2. The molecule has 3 aromatic rings. The fraction of sp³-hybridized carbons (Fsp3) is 0.190. The van der Waals surface area contributed by atoms with Gasteiger partial charge in [-0.15, -0.1) is 0 Å². The SMILES string of the molecule is O=C(O)C(NP(=O)(O)CCCc1ccc2ccccc2c1)c1ccccc1. The summed E-state index contributed by atoms with van der Waals surface area (Å²) in [5.74, 6) is -1.18. The van der Waals surface area contributed by atoms with Crippen LogP contribution >= 0.6 is 7.52 Å². The van der Waals surface area contributed by atoms with E-state index in [4.69, 9.17) is 0 Å². The lowest BCUT2D eigenvalue weighted by molar-refractivity contribution is -0.139. The first kappa shape index (κ1) is 19.3. The van der Waals surface area contributed by atoms with Crippen LogP contribution in [0.15, 0.2) is 72.8 Å². The molecule has 2 atom stereocenters. The van der Waals surface area contributed by atoms with Crippen molar-refractivity contribution in [3.63, 3.8) is 0 Å². The summed E-state index contributed by atoms with van der Waals surface area (Å²) in [4.78, 5) is 21.7. The topological polar surface area (TPSA) is 86.6 Å². The number of nitrogens with one attached hydrogen (secondary N) is 1. The Labute approximate surface area is 158 Å². The van der Waals surface area contributed by atoms with Crippen molar-refractivity contribution in [2.45, 2.75) is 18.9 Å². The van der Waals surface area contributed by atoms with Crippen LogP contribution in [-0.2, 0) is 15.8 Å². The Morgan fingerprint density at radius 2 is 1.63 bits per heavy atom. The summed E-state index contributed by atoms with van der Waals surface area (Å²) in [6.07, 6.45) is 1.15. The fourth-order valence-corrected chi connectivity index (χ4v) is 4.45. The monoisotopic (exact) mass is 383 g/mol. The molecule has 0 aromatic heterocycles. The minimum Gasteiger partial charge on any atom is -0.480 e. The third-order valence-corrected chi connectivity index (χ3v) is 6.04. The first-order valence-electron chi connectivity index (χ1n) is 8.80. The van der Waals surface area contributed by atoms with E-state index in [0.29, 0.717) is 18.4 Å². The molecule has 0 saturated carbocycles. The van der Waals surface area contributed by atoms with Gasteiger partial charge in [-0.2, -0.15) is 0 Å². The van der Waals surface area contributed by atoms with Gasteiger partial charge < -0.3 is 10.00 Å². The molecule has 6 heteroatoms. The van der Waals surface area contributed by atoms with Crippen molar-refractivity contribution in [3.8, 4) is 0 Å². The van der Waals surface area contributed by atoms with E-state index in [2.05, 4.69) is 11.2 Å². The predicted molar refractivity (Wildman–Crippen MR) is 107 cm³/mol. The molecule has 27 heavy (non-hydrogen) atoms. The maximum atomic E-state index is 12.5. The molecule has 0 heterocycles. The van der Waals surface area contributed by atoms with Crippen molar-refractivity contribution in [1.29, 1.82) is 0 Å². The highest BCUT2D eigenvalue weighted by Gasteiger charge is 2.28. The van der Waals surface area contributed by atoms with Gasteiger partial charge in [-0.05, 0) is 34.7 Å². The molecule has 3 rings (SSSR count). The molecule has 0 bridgehead atoms. The standard InChI is InChI=1S/C21H22NO4P/c23-21(24)20(18-9-2-1-3-10-18)22-27(25,26)14-6-7-16-12-13-17-8-4-5-11-19(17)15-16/h1-5,8-13,15,20H,6-7,14H2,(H,23,24)(H2,22,25,26). The van der Waals surface area contributed by atoms with Crippen molar-refractivity contribution >= 4 is 24.3 Å². The Balaban J connectivity index is 1.61. The Morgan fingerprint density at radius 3 is 2.33 bits per heavy atom. The lowest BCUT2D eigenvalue weighted by Crippen LogP contribution is -2.27. The van der Waals surface area contributed by atoms with Crippen molar-refractivity contribution in [2.75, 3.05) is 6.16 Å². The van der Waals surface area contributed by atoms with Crippen molar-refractivity contribution < 1.29 is 19.4 Å². The Kier molecular flexibility index (Phi) is 6.07. The van der Waals surface area contributed by atoms with E-state index in [1.165, 1.54) is 0 Å². The van der Waals surface area contributed by atoms with E-state index < -0.39 is 19.5 Å². The van der Waals surface area contributed by atoms with Gasteiger partial charge in [0, 0.05) is 6.16 Å². The number of benzene rings is 3. The van der Waals surface area contributed by atoms with Crippen LogP contribution in [0.5, 0.6) is 0 Å². The first-order chi connectivity index (χ1) is 12.9. The van der Waals surface area contributed by atoms with Crippen LogP contribution in [0.2, 0.25) is 0 Å². The van der Waals surface area contributed by atoms with Crippen LogP contribution < -0.4 is 5.09 Å². The number of hydrogen-bond acceptors (Lipinski definition) is 2. The van der Waals surface area contributed by atoms with Crippen molar-refractivity contribution in [2.24, 2.45) is 0 Å². The molecule has 0 spiro atoms. The molecule has 0 saturated heterocycles. The second-order valence-electron chi connectivity index (χ2n) is 6.52. The Morgan fingerprint density at radius 1 is 0.963 bits per heavy atom. The lowest BCUT2D eigenvalue weighted by Gasteiger charge is -2.19. The average molecular weight is 383 g/mol. The van der Waals surface area contributed by atoms with E-state index in [0.717, 1.165) is 16.3 Å².